The minimum Gasteiger partial charge on any atom is -0.379 e. The van der Waals surface area contributed by atoms with Crippen molar-refractivity contribution in [1.82, 2.24) is 19.4 Å². The van der Waals surface area contributed by atoms with Crippen LogP contribution in [0, 0.1) is 0 Å². The second-order valence-electron chi connectivity index (χ2n) is 9.04. The summed E-state index contributed by atoms with van der Waals surface area (Å²) >= 11 is 0. The number of carbonyl (C=O) groups is 1. The van der Waals surface area contributed by atoms with E-state index in [0.717, 1.165) is 51.5 Å². The van der Waals surface area contributed by atoms with Crippen LogP contribution in [-0.4, -0.2) is 88.0 Å². The molecule has 0 radical (unpaired) electrons. The average molecular weight is 487 g/mol. The molecule has 0 spiro atoms. The van der Waals surface area contributed by atoms with Gasteiger partial charge in [0.05, 0.1) is 19.0 Å². The van der Waals surface area contributed by atoms with Crippen molar-refractivity contribution in [2.45, 2.75) is 18.8 Å². The molecule has 0 saturated carbocycles. The molecule has 2 aliphatic heterocycles. The second-order valence-corrected chi connectivity index (χ2v) is 11.0. The van der Waals surface area contributed by atoms with E-state index >= 15 is 0 Å². The van der Waals surface area contributed by atoms with Crippen molar-refractivity contribution >= 4 is 15.9 Å². The Morgan fingerprint density at radius 2 is 1.44 bits per heavy atom. The predicted octanol–water partition coefficient (Wildman–Crippen LogP) is 1.53. The molecule has 0 aliphatic carbocycles. The summed E-state index contributed by atoms with van der Waals surface area (Å²) in [4.78, 5) is 17.1. The molecule has 0 bridgehead atoms. The van der Waals surface area contributed by atoms with Gasteiger partial charge < -0.3 is 15.0 Å². The smallest absolute Gasteiger partial charge is 0.251 e. The second kappa shape index (κ2) is 11.4. The largest absolute Gasteiger partial charge is 0.379 e. The van der Waals surface area contributed by atoms with Gasteiger partial charge in [-0.05, 0) is 35.9 Å². The Bertz CT molecular complexity index is 1040. The Balaban J connectivity index is 1.25. The number of ether oxygens (including phenoxy) is 1. The lowest BCUT2D eigenvalue weighted by atomic mass is 10.1. The summed E-state index contributed by atoms with van der Waals surface area (Å²) in [6.07, 6.45) is 0. The number of benzene rings is 2. The van der Waals surface area contributed by atoms with Crippen molar-refractivity contribution in [3.8, 4) is 0 Å². The fourth-order valence-corrected chi connectivity index (χ4v) is 5.70. The Kier molecular flexibility index (Phi) is 8.33. The summed E-state index contributed by atoms with van der Waals surface area (Å²) in [7, 11) is -1.36. The fraction of sp³-hybridized carbons (Fsp3) is 0.480. The number of sulfonamides is 1. The highest BCUT2D eigenvalue weighted by atomic mass is 32.2. The van der Waals surface area contributed by atoms with Crippen LogP contribution in [0.3, 0.4) is 0 Å². The highest BCUT2D eigenvalue weighted by Crippen LogP contribution is 2.15. The number of carbonyl (C=O) groups excluding carboxylic acids is 1. The van der Waals surface area contributed by atoms with Gasteiger partial charge in [0.25, 0.3) is 5.91 Å². The number of amides is 1. The summed E-state index contributed by atoms with van der Waals surface area (Å²) in [6, 6.07) is 15.1. The molecule has 9 heteroatoms. The lowest BCUT2D eigenvalue weighted by Gasteiger charge is -2.31. The zero-order valence-electron chi connectivity index (χ0n) is 19.8. The number of hydrogen-bond acceptors (Lipinski definition) is 6. The van der Waals surface area contributed by atoms with Crippen LogP contribution in [0.25, 0.3) is 0 Å². The van der Waals surface area contributed by atoms with Crippen LogP contribution < -0.4 is 5.32 Å². The number of nitrogens with zero attached hydrogens (tertiary/aromatic N) is 3. The topological polar surface area (TPSA) is 82.2 Å². The molecule has 184 valence electrons. The minimum atomic E-state index is -3.36. The summed E-state index contributed by atoms with van der Waals surface area (Å²) in [5, 5.41) is 2.94. The Morgan fingerprint density at radius 3 is 2.09 bits per heavy atom. The molecule has 2 saturated heterocycles. The van der Waals surface area contributed by atoms with E-state index < -0.39 is 10.0 Å². The highest BCUT2D eigenvalue weighted by Gasteiger charge is 2.25. The molecule has 8 nitrogen and oxygen atoms in total. The van der Waals surface area contributed by atoms with Crippen LogP contribution in [0.5, 0.6) is 0 Å². The Morgan fingerprint density at radius 1 is 0.853 bits per heavy atom. The summed E-state index contributed by atoms with van der Waals surface area (Å²) in [5.74, 6) is -0.221. The van der Waals surface area contributed by atoms with E-state index in [4.69, 9.17) is 4.74 Å². The van der Waals surface area contributed by atoms with Crippen LogP contribution >= 0.6 is 0 Å². The van der Waals surface area contributed by atoms with Crippen molar-refractivity contribution in [1.29, 1.82) is 0 Å². The first-order valence-electron chi connectivity index (χ1n) is 11.8. The zero-order chi connectivity index (χ0) is 24.0. The molecular formula is C25H34N4O4S. The van der Waals surface area contributed by atoms with Gasteiger partial charge in [-0.2, -0.15) is 4.31 Å². The van der Waals surface area contributed by atoms with E-state index in [1.807, 2.05) is 19.2 Å². The van der Waals surface area contributed by atoms with Gasteiger partial charge in [-0.25, -0.2) is 8.42 Å². The van der Waals surface area contributed by atoms with Crippen LogP contribution in [0.1, 0.15) is 27.0 Å². The maximum absolute atomic E-state index is 12.7. The molecule has 2 heterocycles. The summed E-state index contributed by atoms with van der Waals surface area (Å²) < 4.78 is 32.3. The quantitative estimate of drug-likeness (QED) is 0.610. The molecule has 2 fully saturated rings. The SMILES string of the molecule is CN1CCN(S(=O)(=O)Cc2ccc(C(=O)NCc3ccc(CN4CCOCC4)cc3)cc2)CC1. The van der Waals surface area contributed by atoms with E-state index in [9.17, 15) is 13.2 Å². The van der Waals surface area contributed by atoms with Gasteiger partial charge in [-0.1, -0.05) is 36.4 Å². The molecule has 1 amide bonds. The maximum Gasteiger partial charge on any atom is 0.251 e. The van der Waals surface area contributed by atoms with Gasteiger partial charge in [-0.15, -0.1) is 0 Å². The van der Waals surface area contributed by atoms with Gasteiger partial charge in [0.2, 0.25) is 10.0 Å². The van der Waals surface area contributed by atoms with Gasteiger partial charge in [0.1, 0.15) is 0 Å². The van der Waals surface area contributed by atoms with Gasteiger partial charge >= 0.3 is 0 Å². The average Bonchev–Trinajstić information content (AvgIpc) is 2.84. The van der Waals surface area contributed by atoms with E-state index in [1.165, 1.54) is 5.56 Å². The Hall–Kier alpha value is -2.30. The van der Waals surface area contributed by atoms with Crippen molar-refractivity contribution in [2.75, 3.05) is 59.5 Å². The van der Waals surface area contributed by atoms with Gasteiger partial charge in [0.15, 0.2) is 0 Å². The van der Waals surface area contributed by atoms with Gasteiger partial charge in [0, 0.05) is 57.9 Å². The molecule has 0 atom stereocenters. The molecular weight excluding hydrogens is 452 g/mol. The fourth-order valence-electron chi connectivity index (χ4n) is 4.18. The monoisotopic (exact) mass is 486 g/mol. The van der Waals surface area contributed by atoms with E-state index in [-0.39, 0.29) is 11.7 Å². The highest BCUT2D eigenvalue weighted by molar-refractivity contribution is 7.88. The van der Waals surface area contributed by atoms with Gasteiger partial charge in [-0.3, -0.25) is 9.69 Å². The van der Waals surface area contributed by atoms with Crippen LogP contribution in [0.2, 0.25) is 0 Å². The standard InChI is InChI=1S/C25H34N4O4S/c1-27-10-12-29(13-11-27)34(31,32)20-23-6-8-24(9-7-23)25(30)26-18-21-2-4-22(5-3-21)19-28-14-16-33-17-15-28/h2-9H,10-20H2,1H3,(H,26,30). The molecule has 34 heavy (non-hydrogen) atoms. The van der Waals surface area contributed by atoms with E-state index in [2.05, 4.69) is 27.2 Å². The molecule has 2 aromatic rings. The maximum atomic E-state index is 12.7. The summed E-state index contributed by atoms with van der Waals surface area (Å²) in [5.41, 5.74) is 3.49. The van der Waals surface area contributed by atoms with Crippen molar-refractivity contribution in [2.24, 2.45) is 0 Å². The molecule has 1 N–H and O–H groups in total. The first kappa shape index (κ1) is 24.8. The van der Waals surface area contributed by atoms with Crippen LogP contribution in [0.15, 0.2) is 48.5 Å². The predicted molar refractivity (Wildman–Crippen MR) is 132 cm³/mol. The molecule has 0 aromatic heterocycles. The zero-order valence-corrected chi connectivity index (χ0v) is 20.6. The van der Waals surface area contributed by atoms with Crippen molar-refractivity contribution < 1.29 is 17.9 Å². The first-order valence-corrected chi connectivity index (χ1v) is 13.4. The van der Waals surface area contributed by atoms with Crippen LogP contribution in [0.4, 0.5) is 0 Å². The van der Waals surface area contributed by atoms with Crippen LogP contribution in [-0.2, 0) is 33.6 Å². The molecule has 4 rings (SSSR count). The number of likely N-dealkylation sites (N-methyl/N-ethyl adjacent to an activating group) is 1. The normalized spacial score (nSPS) is 18.6. The number of nitrogens with one attached hydrogen (secondary N) is 1. The number of morpholine rings is 1. The minimum absolute atomic E-state index is 0.0462. The van der Waals surface area contributed by atoms with Crippen molar-refractivity contribution in [3.63, 3.8) is 0 Å². The molecule has 2 aromatic carbocycles. The summed E-state index contributed by atoms with van der Waals surface area (Å²) in [6.45, 7) is 7.37. The third-order valence-corrected chi connectivity index (χ3v) is 8.26. The number of piperazine rings is 1. The third-order valence-electron chi connectivity index (χ3n) is 6.41. The third kappa shape index (κ3) is 6.86. The molecule has 0 unspecified atom stereocenters. The first-order chi connectivity index (χ1) is 16.4. The van der Waals surface area contributed by atoms with Crippen molar-refractivity contribution in [3.05, 3.63) is 70.8 Å². The number of hydrogen-bond donors (Lipinski definition) is 1. The Labute approximate surface area is 202 Å². The van der Waals surface area contributed by atoms with E-state index in [0.29, 0.717) is 30.8 Å². The lowest BCUT2D eigenvalue weighted by Crippen LogP contribution is -2.47. The lowest BCUT2D eigenvalue weighted by molar-refractivity contribution is 0.0342. The number of rotatable bonds is 8. The van der Waals surface area contributed by atoms with E-state index in [1.54, 1.807) is 28.6 Å². The molecule has 2 aliphatic rings.